The van der Waals surface area contributed by atoms with Crippen molar-refractivity contribution in [3.05, 3.63) is 53.6 Å². The molecule has 0 spiro atoms. The number of nitro benzene ring substituents is 1. The molecular weight excluding hydrogens is 396 g/mol. The fourth-order valence-corrected chi connectivity index (χ4v) is 3.57. The van der Waals surface area contributed by atoms with Crippen molar-refractivity contribution in [1.29, 1.82) is 0 Å². The lowest BCUT2D eigenvalue weighted by atomic mass is 10.2. The zero-order valence-corrected chi connectivity index (χ0v) is 14.0. The molecule has 0 bridgehead atoms. The number of hydrogen-bond donors (Lipinski definition) is 0. The van der Waals surface area contributed by atoms with Crippen LogP contribution in [0.2, 0.25) is 0 Å². The largest absolute Gasteiger partial charge is 0.364 e. The first-order chi connectivity index (χ1) is 8.97. The maximum absolute atomic E-state index is 11.1. The summed E-state index contributed by atoms with van der Waals surface area (Å²) >= 11 is 8.28. The van der Waals surface area contributed by atoms with Crippen LogP contribution in [0.15, 0.2) is 38.6 Å². The van der Waals surface area contributed by atoms with Crippen molar-refractivity contribution in [3.8, 4) is 0 Å². The third-order valence-electron chi connectivity index (χ3n) is 2.56. The zero-order chi connectivity index (χ0) is 14.0. The Labute approximate surface area is 131 Å². The Balaban J connectivity index is 2.28. The van der Waals surface area contributed by atoms with Crippen LogP contribution in [0.25, 0.3) is 0 Å². The van der Waals surface area contributed by atoms with E-state index in [1.807, 2.05) is 29.5 Å². The Morgan fingerprint density at radius 3 is 2.63 bits per heavy atom. The third-order valence-corrected chi connectivity index (χ3v) is 4.74. The summed E-state index contributed by atoms with van der Waals surface area (Å²) in [6, 6.07) is 7.11. The quantitative estimate of drug-likeness (QED) is 0.541. The van der Waals surface area contributed by atoms with Crippen molar-refractivity contribution >= 4 is 54.6 Å². The van der Waals surface area contributed by atoms with Gasteiger partial charge in [0, 0.05) is 32.3 Å². The molecule has 19 heavy (non-hydrogen) atoms. The number of anilines is 1. The number of halogens is 2. The Bertz CT molecular complexity index is 616. The molecule has 0 aliphatic rings. The van der Waals surface area contributed by atoms with Gasteiger partial charge in [0.1, 0.15) is 5.69 Å². The van der Waals surface area contributed by atoms with E-state index in [1.165, 1.54) is 6.07 Å². The van der Waals surface area contributed by atoms with Gasteiger partial charge >= 0.3 is 0 Å². The molecule has 0 saturated heterocycles. The Morgan fingerprint density at radius 2 is 2.05 bits per heavy atom. The second-order valence-electron chi connectivity index (χ2n) is 3.98. The van der Waals surface area contributed by atoms with Gasteiger partial charge in [-0.25, -0.2) is 0 Å². The molecule has 0 saturated carbocycles. The van der Waals surface area contributed by atoms with Crippen molar-refractivity contribution in [2.45, 2.75) is 6.54 Å². The molecule has 0 fully saturated rings. The summed E-state index contributed by atoms with van der Waals surface area (Å²) in [6.45, 7) is 0.638. The maximum Gasteiger partial charge on any atom is 0.293 e. The van der Waals surface area contributed by atoms with E-state index >= 15 is 0 Å². The van der Waals surface area contributed by atoms with Gasteiger partial charge in [0.25, 0.3) is 5.69 Å². The van der Waals surface area contributed by atoms with Crippen LogP contribution in [-0.4, -0.2) is 12.0 Å². The van der Waals surface area contributed by atoms with Crippen LogP contribution < -0.4 is 4.90 Å². The standard InChI is InChI=1S/C12H10Br2N2O2S/c1-15(6-10-4-9(14)7-19-10)11-3-2-8(13)5-12(11)16(17)18/h2-5,7H,6H2,1H3. The van der Waals surface area contributed by atoms with Gasteiger partial charge < -0.3 is 4.90 Å². The highest BCUT2D eigenvalue weighted by atomic mass is 79.9. The summed E-state index contributed by atoms with van der Waals surface area (Å²) in [7, 11) is 1.85. The minimum atomic E-state index is -0.360. The van der Waals surface area contributed by atoms with E-state index < -0.39 is 0 Å². The van der Waals surface area contributed by atoms with Crippen LogP contribution in [-0.2, 0) is 6.54 Å². The topological polar surface area (TPSA) is 46.4 Å². The molecular formula is C12H10Br2N2O2S. The molecule has 1 heterocycles. The lowest BCUT2D eigenvalue weighted by Gasteiger charge is -2.18. The molecule has 1 aromatic carbocycles. The van der Waals surface area contributed by atoms with Crippen molar-refractivity contribution in [3.63, 3.8) is 0 Å². The minimum Gasteiger partial charge on any atom is -0.364 e. The number of hydrogen-bond acceptors (Lipinski definition) is 4. The Hall–Kier alpha value is -0.920. The summed E-state index contributed by atoms with van der Waals surface area (Å²) < 4.78 is 1.74. The number of nitrogens with zero attached hydrogens (tertiary/aromatic N) is 2. The van der Waals surface area contributed by atoms with Crippen LogP contribution in [0.3, 0.4) is 0 Å². The second kappa shape index (κ2) is 6.02. The van der Waals surface area contributed by atoms with Gasteiger partial charge in [0.15, 0.2) is 0 Å². The molecule has 2 rings (SSSR count). The van der Waals surface area contributed by atoms with Gasteiger partial charge in [0.2, 0.25) is 0 Å². The highest BCUT2D eigenvalue weighted by Gasteiger charge is 2.18. The number of benzene rings is 1. The average molecular weight is 406 g/mol. The van der Waals surface area contributed by atoms with Crippen molar-refractivity contribution in [2.24, 2.45) is 0 Å². The van der Waals surface area contributed by atoms with Crippen LogP contribution in [0.4, 0.5) is 11.4 Å². The normalized spacial score (nSPS) is 10.5. The van der Waals surface area contributed by atoms with E-state index in [0.717, 1.165) is 9.35 Å². The Morgan fingerprint density at radius 1 is 1.32 bits per heavy atom. The molecule has 0 aliphatic heterocycles. The molecule has 7 heteroatoms. The highest BCUT2D eigenvalue weighted by Crippen LogP contribution is 2.32. The molecule has 0 N–H and O–H groups in total. The van der Waals surface area contributed by atoms with E-state index in [-0.39, 0.29) is 10.6 Å². The molecule has 0 amide bonds. The molecule has 1 aromatic heterocycles. The third kappa shape index (κ3) is 3.55. The van der Waals surface area contributed by atoms with E-state index in [1.54, 1.807) is 17.4 Å². The zero-order valence-electron chi connectivity index (χ0n) is 9.97. The average Bonchev–Trinajstić information content (AvgIpc) is 2.74. The molecule has 0 atom stereocenters. The number of thiophene rings is 1. The van der Waals surface area contributed by atoms with Crippen molar-refractivity contribution in [1.82, 2.24) is 0 Å². The van der Waals surface area contributed by atoms with Crippen LogP contribution >= 0.6 is 43.2 Å². The molecule has 100 valence electrons. The molecule has 0 radical (unpaired) electrons. The highest BCUT2D eigenvalue weighted by molar-refractivity contribution is 9.10. The molecule has 4 nitrogen and oxygen atoms in total. The maximum atomic E-state index is 11.1. The first kappa shape index (κ1) is 14.5. The summed E-state index contributed by atoms with van der Waals surface area (Å²) in [5, 5.41) is 13.1. The predicted octanol–water partition coefficient (Wildman–Crippen LogP) is 4.82. The van der Waals surface area contributed by atoms with Crippen LogP contribution in [0.5, 0.6) is 0 Å². The second-order valence-corrected chi connectivity index (χ2v) is 6.80. The molecule has 0 unspecified atom stereocenters. The molecule has 2 aromatic rings. The Kier molecular flexibility index (Phi) is 4.59. The van der Waals surface area contributed by atoms with Gasteiger partial charge in [-0.1, -0.05) is 15.9 Å². The van der Waals surface area contributed by atoms with E-state index in [0.29, 0.717) is 16.7 Å². The first-order valence-corrected chi connectivity index (χ1v) is 7.82. The van der Waals surface area contributed by atoms with Gasteiger partial charge in [-0.3, -0.25) is 10.1 Å². The fourth-order valence-electron chi connectivity index (χ4n) is 1.72. The van der Waals surface area contributed by atoms with E-state index in [4.69, 9.17) is 0 Å². The summed E-state index contributed by atoms with van der Waals surface area (Å²) in [4.78, 5) is 13.8. The minimum absolute atomic E-state index is 0.104. The molecule has 0 aliphatic carbocycles. The van der Waals surface area contributed by atoms with Crippen LogP contribution in [0.1, 0.15) is 4.88 Å². The lowest BCUT2D eigenvalue weighted by Crippen LogP contribution is -2.16. The number of rotatable bonds is 4. The van der Waals surface area contributed by atoms with Crippen molar-refractivity contribution in [2.75, 3.05) is 11.9 Å². The van der Waals surface area contributed by atoms with Crippen LogP contribution in [0, 0.1) is 10.1 Å². The van der Waals surface area contributed by atoms with E-state index in [2.05, 4.69) is 31.9 Å². The van der Waals surface area contributed by atoms with Gasteiger partial charge in [0.05, 0.1) is 11.5 Å². The first-order valence-electron chi connectivity index (χ1n) is 5.35. The predicted molar refractivity (Wildman–Crippen MR) is 84.9 cm³/mol. The summed E-state index contributed by atoms with van der Waals surface area (Å²) in [5.41, 5.74) is 0.713. The van der Waals surface area contributed by atoms with E-state index in [9.17, 15) is 10.1 Å². The summed E-state index contributed by atoms with van der Waals surface area (Å²) in [5.74, 6) is 0. The monoisotopic (exact) mass is 404 g/mol. The smallest absolute Gasteiger partial charge is 0.293 e. The fraction of sp³-hybridized carbons (Fsp3) is 0.167. The lowest BCUT2D eigenvalue weighted by molar-refractivity contribution is -0.384. The SMILES string of the molecule is CN(Cc1cc(Br)cs1)c1ccc(Br)cc1[N+](=O)[O-]. The number of nitro groups is 1. The van der Waals surface area contributed by atoms with Gasteiger partial charge in [-0.15, -0.1) is 11.3 Å². The van der Waals surface area contributed by atoms with Gasteiger partial charge in [-0.05, 0) is 34.1 Å². The van der Waals surface area contributed by atoms with Gasteiger partial charge in [-0.2, -0.15) is 0 Å². The van der Waals surface area contributed by atoms with Crippen molar-refractivity contribution < 1.29 is 4.92 Å². The summed E-state index contributed by atoms with van der Waals surface area (Å²) in [6.07, 6.45) is 0.